The zero-order chi connectivity index (χ0) is 19.9. The molecule has 0 fully saturated rings. The van der Waals surface area contributed by atoms with Crippen molar-refractivity contribution in [3.8, 4) is 0 Å². The Morgan fingerprint density at radius 1 is 0.862 bits per heavy atom. The molecule has 1 radical (unpaired) electrons. The number of rotatable bonds is 10. The van der Waals surface area contributed by atoms with Crippen molar-refractivity contribution in [3.63, 3.8) is 0 Å². The normalized spacial score (nSPS) is 10.8. The number of aromatic nitrogens is 2. The van der Waals surface area contributed by atoms with Gasteiger partial charge in [0.25, 0.3) is 0 Å². The van der Waals surface area contributed by atoms with Crippen LogP contribution in [-0.4, -0.2) is 49.8 Å². The standard InChI is InChI=1S/C23H28N2O3.Na/c1-18-12-14-19(15-13-18)17-25-21-10-7-6-9-20(21)24(23(25)28)16-8-4-2-3-5-11-22(26)27;/h6-7,9-10,12-15H,2-5,8,11,16-17H2,1H3,(H,26,27);. The van der Waals surface area contributed by atoms with Gasteiger partial charge in [-0.15, -0.1) is 0 Å². The number of unbranched alkanes of at least 4 members (excludes halogenated alkanes) is 4. The van der Waals surface area contributed by atoms with E-state index in [0.29, 0.717) is 13.1 Å². The molecule has 3 rings (SSSR count). The van der Waals surface area contributed by atoms with Crippen LogP contribution >= 0.6 is 0 Å². The second-order valence-electron chi connectivity index (χ2n) is 7.41. The van der Waals surface area contributed by atoms with Gasteiger partial charge in [-0.1, -0.05) is 61.2 Å². The number of hydrogen-bond acceptors (Lipinski definition) is 2. The van der Waals surface area contributed by atoms with Crippen LogP contribution in [-0.2, 0) is 17.9 Å². The monoisotopic (exact) mass is 403 g/mol. The topological polar surface area (TPSA) is 64.2 Å². The predicted molar refractivity (Wildman–Crippen MR) is 118 cm³/mol. The fourth-order valence-electron chi connectivity index (χ4n) is 3.59. The molecule has 0 saturated carbocycles. The number of nitrogens with zero attached hydrogens (tertiary/aromatic N) is 2. The van der Waals surface area contributed by atoms with Crippen LogP contribution in [0, 0.1) is 6.92 Å². The number of imidazole rings is 1. The molecule has 1 N–H and O–H groups in total. The van der Waals surface area contributed by atoms with Crippen molar-refractivity contribution in [2.75, 3.05) is 0 Å². The molecule has 1 heterocycles. The van der Waals surface area contributed by atoms with Gasteiger partial charge in [0, 0.05) is 42.5 Å². The summed E-state index contributed by atoms with van der Waals surface area (Å²) in [5.74, 6) is -0.729. The summed E-state index contributed by atoms with van der Waals surface area (Å²) in [4.78, 5) is 23.6. The Balaban J connectivity index is 0.00000300. The van der Waals surface area contributed by atoms with E-state index in [1.807, 2.05) is 33.4 Å². The minimum Gasteiger partial charge on any atom is -0.481 e. The van der Waals surface area contributed by atoms with Gasteiger partial charge in [0.15, 0.2) is 0 Å². The molecule has 0 aliphatic rings. The summed E-state index contributed by atoms with van der Waals surface area (Å²) in [5, 5.41) is 8.68. The summed E-state index contributed by atoms with van der Waals surface area (Å²) in [6.07, 6.45) is 4.83. The molecule has 1 aromatic heterocycles. The molecule has 149 valence electrons. The molecule has 6 heteroatoms. The number of aliphatic carboxylic acids is 1. The minimum atomic E-state index is -0.729. The Hall–Kier alpha value is -1.82. The van der Waals surface area contributed by atoms with E-state index in [-0.39, 0.29) is 41.7 Å². The van der Waals surface area contributed by atoms with Crippen LogP contribution in [0.3, 0.4) is 0 Å². The van der Waals surface area contributed by atoms with Gasteiger partial charge in [0.05, 0.1) is 17.6 Å². The zero-order valence-electron chi connectivity index (χ0n) is 17.4. The van der Waals surface area contributed by atoms with Gasteiger partial charge in [-0.05, 0) is 37.5 Å². The molecule has 0 unspecified atom stereocenters. The third-order valence-corrected chi connectivity index (χ3v) is 5.16. The second kappa shape index (κ2) is 11.4. The summed E-state index contributed by atoms with van der Waals surface area (Å²) < 4.78 is 3.73. The fraction of sp³-hybridized carbons (Fsp3) is 0.391. The Morgan fingerprint density at radius 2 is 1.45 bits per heavy atom. The number of carboxylic acid groups (broad SMARTS) is 1. The molecular weight excluding hydrogens is 375 g/mol. The SMILES string of the molecule is Cc1ccc(Cn2c(=O)n(CCCCCCCC(=O)O)c3ccccc32)cc1.[Na]. The molecule has 0 aliphatic heterocycles. The molecule has 5 nitrogen and oxygen atoms in total. The molecule has 0 spiro atoms. The molecule has 0 aliphatic carbocycles. The van der Waals surface area contributed by atoms with E-state index in [1.54, 1.807) is 0 Å². The van der Waals surface area contributed by atoms with E-state index in [4.69, 9.17) is 5.11 Å². The predicted octanol–water partition coefficient (Wildman–Crippen LogP) is 4.20. The maximum Gasteiger partial charge on any atom is 0.329 e. The van der Waals surface area contributed by atoms with Gasteiger partial charge < -0.3 is 5.11 Å². The maximum atomic E-state index is 13.1. The van der Waals surface area contributed by atoms with Crippen molar-refractivity contribution >= 4 is 46.6 Å². The Kier molecular flexibility index (Phi) is 9.21. The first-order valence-corrected chi connectivity index (χ1v) is 10.0. The van der Waals surface area contributed by atoms with Crippen molar-refractivity contribution in [1.29, 1.82) is 0 Å². The van der Waals surface area contributed by atoms with Crippen LogP contribution in [0.4, 0.5) is 0 Å². The number of aryl methyl sites for hydroxylation is 2. The average molecular weight is 403 g/mol. The summed E-state index contributed by atoms with van der Waals surface area (Å²) in [6.45, 7) is 3.32. The average Bonchev–Trinajstić information content (AvgIpc) is 2.94. The number of carboxylic acids is 1. The van der Waals surface area contributed by atoms with Crippen molar-refractivity contribution < 1.29 is 9.90 Å². The van der Waals surface area contributed by atoms with Gasteiger partial charge in [-0.3, -0.25) is 13.9 Å². The third kappa shape index (κ3) is 6.33. The quantitative estimate of drug-likeness (QED) is 0.408. The number of para-hydroxylation sites is 2. The maximum absolute atomic E-state index is 13.1. The van der Waals surface area contributed by atoms with Crippen LogP contribution in [0.15, 0.2) is 53.3 Å². The van der Waals surface area contributed by atoms with Crippen molar-refractivity contribution in [1.82, 2.24) is 9.13 Å². The van der Waals surface area contributed by atoms with E-state index in [0.717, 1.165) is 48.7 Å². The van der Waals surface area contributed by atoms with E-state index >= 15 is 0 Å². The first kappa shape index (κ1) is 23.5. The summed E-state index contributed by atoms with van der Waals surface area (Å²) in [5.41, 5.74) is 4.31. The number of benzene rings is 2. The van der Waals surface area contributed by atoms with Crippen LogP contribution < -0.4 is 5.69 Å². The van der Waals surface area contributed by atoms with Crippen molar-refractivity contribution in [2.45, 2.75) is 58.5 Å². The second-order valence-corrected chi connectivity index (χ2v) is 7.41. The Labute approximate surface area is 193 Å². The Bertz CT molecular complexity index is 990. The van der Waals surface area contributed by atoms with E-state index < -0.39 is 5.97 Å². The van der Waals surface area contributed by atoms with E-state index in [9.17, 15) is 9.59 Å². The molecule has 0 amide bonds. The largest absolute Gasteiger partial charge is 0.481 e. The molecule has 0 saturated heterocycles. The van der Waals surface area contributed by atoms with E-state index in [1.165, 1.54) is 5.56 Å². The van der Waals surface area contributed by atoms with Gasteiger partial charge in [-0.25, -0.2) is 4.79 Å². The van der Waals surface area contributed by atoms with Crippen LogP contribution in [0.1, 0.15) is 49.7 Å². The number of hydrogen-bond donors (Lipinski definition) is 1. The van der Waals surface area contributed by atoms with Gasteiger partial charge in [0.1, 0.15) is 0 Å². The van der Waals surface area contributed by atoms with Crippen LogP contribution in [0.5, 0.6) is 0 Å². The van der Waals surface area contributed by atoms with E-state index in [2.05, 4.69) is 31.2 Å². The van der Waals surface area contributed by atoms with Gasteiger partial charge in [0.2, 0.25) is 0 Å². The fourth-order valence-corrected chi connectivity index (χ4v) is 3.59. The zero-order valence-corrected chi connectivity index (χ0v) is 19.4. The summed E-state index contributed by atoms with van der Waals surface area (Å²) in [7, 11) is 0. The van der Waals surface area contributed by atoms with Gasteiger partial charge in [-0.2, -0.15) is 0 Å². The molecule has 0 bridgehead atoms. The first-order valence-electron chi connectivity index (χ1n) is 10.0. The summed E-state index contributed by atoms with van der Waals surface area (Å²) in [6, 6.07) is 16.3. The first-order chi connectivity index (χ1) is 13.6. The molecule has 2 aromatic carbocycles. The third-order valence-electron chi connectivity index (χ3n) is 5.16. The van der Waals surface area contributed by atoms with Crippen LogP contribution in [0.25, 0.3) is 11.0 Å². The van der Waals surface area contributed by atoms with Crippen molar-refractivity contribution in [2.24, 2.45) is 0 Å². The number of carbonyl (C=O) groups is 1. The smallest absolute Gasteiger partial charge is 0.329 e. The minimum absolute atomic E-state index is 0. The van der Waals surface area contributed by atoms with Crippen LogP contribution in [0.2, 0.25) is 0 Å². The van der Waals surface area contributed by atoms with Gasteiger partial charge >= 0.3 is 11.7 Å². The Morgan fingerprint density at radius 3 is 2.10 bits per heavy atom. The summed E-state index contributed by atoms with van der Waals surface area (Å²) >= 11 is 0. The molecule has 29 heavy (non-hydrogen) atoms. The molecular formula is C23H28N2NaO3. The molecule has 3 aromatic rings. The number of fused-ring (bicyclic) bond motifs is 1. The van der Waals surface area contributed by atoms with Crippen molar-refractivity contribution in [3.05, 3.63) is 70.1 Å². The molecule has 0 atom stereocenters.